The third kappa shape index (κ3) is 1.59. The Hall–Kier alpha value is -2.50. The van der Waals surface area contributed by atoms with Crippen LogP contribution in [0.25, 0.3) is 22.4 Å². The monoisotopic (exact) mass is 227 g/mol. The maximum absolute atomic E-state index is 5.74. The Morgan fingerprint density at radius 1 is 1.29 bits per heavy atom. The van der Waals surface area contributed by atoms with Crippen LogP contribution in [-0.4, -0.2) is 20.2 Å². The van der Waals surface area contributed by atoms with E-state index in [2.05, 4.69) is 20.2 Å². The Morgan fingerprint density at radius 2 is 2.18 bits per heavy atom. The van der Waals surface area contributed by atoms with E-state index >= 15 is 0 Å². The SMILES string of the molecule is Cc1nc2cc(-c3nncnc3N)ccc2o1. The molecule has 0 radical (unpaired) electrons. The first-order valence-electron chi connectivity index (χ1n) is 5.05. The molecule has 0 aliphatic heterocycles. The van der Waals surface area contributed by atoms with Crippen LogP contribution in [0.3, 0.4) is 0 Å². The molecule has 6 nitrogen and oxygen atoms in total. The number of aromatic nitrogens is 4. The highest BCUT2D eigenvalue weighted by Crippen LogP contribution is 2.25. The molecule has 0 bridgehead atoms. The van der Waals surface area contributed by atoms with Crippen LogP contribution in [0.2, 0.25) is 0 Å². The summed E-state index contributed by atoms with van der Waals surface area (Å²) in [5, 5.41) is 7.69. The van der Waals surface area contributed by atoms with Crippen molar-refractivity contribution < 1.29 is 4.42 Å². The van der Waals surface area contributed by atoms with Gasteiger partial charge in [0.05, 0.1) is 0 Å². The van der Waals surface area contributed by atoms with E-state index < -0.39 is 0 Å². The van der Waals surface area contributed by atoms with Crippen LogP contribution in [0.1, 0.15) is 5.89 Å². The molecule has 2 heterocycles. The Balaban J connectivity index is 2.21. The zero-order valence-corrected chi connectivity index (χ0v) is 9.08. The van der Waals surface area contributed by atoms with Crippen LogP contribution in [0.5, 0.6) is 0 Å². The number of nitrogen functional groups attached to an aromatic ring is 1. The Labute approximate surface area is 96.5 Å². The fourth-order valence-electron chi connectivity index (χ4n) is 1.68. The van der Waals surface area contributed by atoms with Crippen LogP contribution in [0, 0.1) is 6.92 Å². The van der Waals surface area contributed by atoms with E-state index in [-0.39, 0.29) is 0 Å². The highest BCUT2D eigenvalue weighted by atomic mass is 16.3. The van der Waals surface area contributed by atoms with Gasteiger partial charge in [0.2, 0.25) is 0 Å². The molecule has 0 aliphatic rings. The summed E-state index contributed by atoms with van der Waals surface area (Å²) in [7, 11) is 0. The van der Waals surface area contributed by atoms with Crippen molar-refractivity contribution in [3.8, 4) is 11.3 Å². The molecule has 1 aromatic carbocycles. The smallest absolute Gasteiger partial charge is 0.192 e. The highest BCUT2D eigenvalue weighted by molar-refractivity contribution is 5.81. The van der Waals surface area contributed by atoms with Gasteiger partial charge < -0.3 is 10.2 Å². The lowest BCUT2D eigenvalue weighted by atomic mass is 10.1. The summed E-state index contributed by atoms with van der Waals surface area (Å²) in [5.74, 6) is 0.974. The molecule has 0 saturated heterocycles. The van der Waals surface area contributed by atoms with Crippen molar-refractivity contribution in [2.24, 2.45) is 0 Å². The first-order chi connectivity index (χ1) is 8.24. The van der Waals surface area contributed by atoms with Crippen molar-refractivity contribution in [1.82, 2.24) is 20.2 Å². The maximum atomic E-state index is 5.74. The predicted molar refractivity (Wildman–Crippen MR) is 62.0 cm³/mol. The minimum absolute atomic E-state index is 0.347. The number of nitrogens with zero attached hydrogens (tertiary/aromatic N) is 4. The number of aryl methyl sites for hydroxylation is 1. The number of benzene rings is 1. The minimum Gasteiger partial charge on any atom is -0.441 e. The number of oxazole rings is 1. The molecule has 0 fully saturated rings. The number of hydrogen-bond acceptors (Lipinski definition) is 6. The molecule has 0 spiro atoms. The van der Waals surface area contributed by atoms with Gasteiger partial charge in [-0.1, -0.05) is 0 Å². The van der Waals surface area contributed by atoms with Crippen molar-refractivity contribution in [2.45, 2.75) is 6.92 Å². The van der Waals surface area contributed by atoms with Gasteiger partial charge in [-0.3, -0.25) is 0 Å². The molecule has 3 rings (SSSR count). The lowest BCUT2D eigenvalue weighted by molar-refractivity contribution is 0.561. The Kier molecular flexibility index (Phi) is 2.01. The third-order valence-corrected chi connectivity index (χ3v) is 2.42. The number of hydrogen-bond donors (Lipinski definition) is 1. The second kappa shape index (κ2) is 3.51. The Bertz CT molecular complexity index is 691. The van der Waals surface area contributed by atoms with Gasteiger partial charge in [0.1, 0.15) is 17.5 Å². The average molecular weight is 227 g/mol. The lowest BCUT2D eigenvalue weighted by Crippen LogP contribution is -1.98. The average Bonchev–Trinajstić information content (AvgIpc) is 2.68. The van der Waals surface area contributed by atoms with Gasteiger partial charge in [-0.05, 0) is 18.2 Å². The molecule has 0 atom stereocenters. The van der Waals surface area contributed by atoms with E-state index in [0.29, 0.717) is 17.4 Å². The van der Waals surface area contributed by atoms with Gasteiger partial charge in [-0.15, -0.1) is 10.2 Å². The fraction of sp³-hybridized carbons (Fsp3) is 0.0909. The summed E-state index contributed by atoms with van der Waals surface area (Å²) < 4.78 is 5.39. The normalized spacial score (nSPS) is 10.9. The van der Waals surface area contributed by atoms with Crippen LogP contribution < -0.4 is 5.73 Å². The molecular weight excluding hydrogens is 218 g/mol. The fourth-order valence-corrected chi connectivity index (χ4v) is 1.68. The van der Waals surface area contributed by atoms with Gasteiger partial charge in [0.25, 0.3) is 0 Å². The minimum atomic E-state index is 0.347. The standard InChI is InChI=1S/C11H9N5O/c1-6-15-8-4-7(2-3-9(8)17-6)10-11(12)13-5-14-16-10/h2-5H,1H3,(H2,12,13,14). The maximum Gasteiger partial charge on any atom is 0.192 e. The van der Waals surface area contributed by atoms with E-state index in [4.69, 9.17) is 10.2 Å². The first kappa shape index (κ1) is 9.71. The number of nitrogens with two attached hydrogens (primary N) is 1. The second-order valence-corrected chi connectivity index (χ2v) is 3.61. The number of rotatable bonds is 1. The van der Waals surface area contributed by atoms with Crippen molar-refractivity contribution in [2.75, 3.05) is 5.73 Å². The molecule has 0 unspecified atom stereocenters. The van der Waals surface area contributed by atoms with Crippen LogP contribution in [-0.2, 0) is 0 Å². The van der Waals surface area contributed by atoms with E-state index in [1.54, 1.807) is 6.92 Å². The van der Waals surface area contributed by atoms with Crippen molar-refractivity contribution >= 4 is 16.9 Å². The molecule has 3 aromatic rings. The summed E-state index contributed by atoms with van der Waals surface area (Å²) in [5.41, 5.74) is 8.62. The van der Waals surface area contributed by atoms with E-state index in [1.807, 2.05) is 18.2 Å². The quantitative estimate of drug-likeness (QED) is 0.678. The second-order valence-electron chi connectivity index (χ2n) is 3.61. The van der Waals surface area contributed by atoms with E-state index in [0.717, 1.165) is 16.7 Å². The van der Waals surface area contributed by atoms with Gasteiger partial charge in [0, 0.05) is 12.5 Å². The molecule has 0 aliphatic carbocycles. The van der Waals surface area contributed by atoms with Crippen molar-refractivity contribution in [1.29, 1.82) is 0 Å². The summed E-state index contributed by atoms with van der Waals surface area (Å²) in [4.78, 5) is 8.15. The highest BCUT2D eigenvalue weighted by Gasteiger charge is 2.09. The van der Waals surface area contributed by atoms with E-state index in [9.17, 15) is 0 Å². The molecule has 6 heteroatoms. The molecule has 2 N–H and O–H groups in total. The van der Waals surface area contributed by atoms with Gasteiger partial charge in [-0.25, -0.2) is 9.97 Å². The molecular formula is C11H9N5O. The zero-order chi connectivity index (χ0) is 11.8. The van der Waals surface area contributed by atoms with Crippen LogP contribution in [0.15, 0.2) is 28.9 Å². The van der Waals surface area contributed by atoms with Crippen LogP contribution >= 0.6 is 0 Å². The topological polar surface area (TPSA) is 90.7 Å². The lowest BCUT2D eigenvalue weighted by Gasteiger charge is -2.01. The zero-order valence-electron chi connectivity index (χ0n) is 9.08. The summed E-state index contributed by atoms with van der Waals surface area (Å²) in [6, 6.07) is 5.54. The van der Waals surface area contributed by atoms with Crippen molar-refractivity contribution in [3.63, 3.8) is 0 Å². The molecule has 2 aromatic heterocycles. The molecule has 0 saturated carbocycles. The van der Waals surface area contributed by atoms with Gasteiger partial charge in [0.15, 0.2) is 17.3 Å². The predicted octanol–water partition coefficient (Wildman–Crippen LogP) is 1.57. The summed E-state index contributed by atoms with van der Waals surface area (Å²) in [6.07, 6.45) is 1.32. The van der Waals surface area contributed by atoms with Crippen LogP contribution in [0.4, 0.5) is 5.82 Å². The summed E-state index contributed by atoms with van der Waals surface area (Å²) >= 11 is 0. The number of anilines is 1. The van der Waals surface area contributed by atoms with Crippen molar-refractivity contribution in [3.05, 3.63) is 30.4 Å². The Morgan fingerprint density at radius 3 is 3.00 bits per heavy atom. The van der Waals surface area contributed by atoms with Gasteiger partial charge in [-0.2, -0.15) is 0 Å². The van der Waals surface area contributed by atoms with Gasteiger partial charge >= 0.3 is 0 Å². The third-order valence-electron chi connectivity index (χ3n) is 2.42. The largest absolute Gasteiger partial charge is 0.441 e. The van der Waals surface area contributed by atoms with E-state index in [1.165, 1.54) is 6.33 Å². The molecule has 0 amide bonds. The number of fused-ring (bicyclic) bond motifs is 1. The molecule has 84 valence electrons. The first-order valence-corrected chi connectivity index (χ1v) is 5.05. The summed E-state index contributed by atoms with van der Waals surface area (Å²) in [6.45, 7) is 1.80. The molecule has 17 heavy (non-hydrogen) atoms.